The van der Waals surface area contributed by atoms with Gasteiger partial charge in [-0.1, -0.05) is 69.9 Å². The van der Waals surface area contributed by atoms with Crippen LogP contribution in [0.1, 0.15) is 76.3 Å². The highest BCUT2D eigenvalue weighted by Crippen LogP contribution is 2.28. The first-order valence-corrected chi connectivity index (χ1v) is 15.0. The molecule has 0 aromatic heterocycles. The van der Waals surface area contributed by atoms with Gasteiger partial charge in [-0.2, -0.15) is 0 Å². The van der Waals surface area contributed by atoms with Crippen LogP contribution in [-0.2, 0) is 27.3 Å². The molecule has 2 aromatic rings. The van der Waals surface area contributed by atoms with Gasteiger partial charge in [0.2, 0.25) is 17.7 Å². The molecule has 0 saturated carbocycles. The lowest BCUT2D eigenvalue weighted by Gasteiger charge is -2.30. The smallest absolute Gasteiger partial charge is 0.228 e. The maximum Gasteiger partial charge on any atom is 0.228 e. The van der Waals surface area contributed by atoms with Gasteiger partial charge in [0.25, 0.3) is 0 Å². The highest BCUT2D eigenvalue weighted by Gasteiger charge is 2.36. The van der Waals surface area contributed by atoms with E-state index in [4.69, 9.17) is 0 Å². The normalized spacial score (nSPS) is 19.1. The fraction of sp³-hybridized carbons (Fsp3) is 0.545. The summed E-state index contributed by atoms with van der Waals surface area (Å²) in [5.74, 6) is -0.231. The zero-order chi connectivity index (χ0) is 28.5. The van der Waals surface area contributed by atoms with E-state index in [0.29, 0.717) is 45.6 Å². The summed E-state index contributed by atoms with van der Waals surface area (Å²) in [6, 6.07) is 14.3. The van der Waals surface area contributed by atoms with Crippen molar-refractivity contribution in [1.29, 1.82) is 0 Å². The Hall–Kier alpha value is -3.22. The average molecular weight is 550 g/mol. The number of para-hydroxylation sites is 1. The van der Waals surface area contributed by atoms with E-state index >= 15 is 0 Å². The summed E-state index contributed by atoms with van der Waals surface area (Å²) in [5.41, 5.74) is 2.84. The van der Waals surface area contributed by atoms with Gasteiger partial charge >= 0.3 is 0 Å². The third kappa shape index (κ3) is 8.15. The van der Waals surface area contributed by atoms with Gasteiger partial charge in [0.05, 0.1) is 5.92 Å². The second-order valence-electron chi connectivity index (χ2n) is 11.8. The van der Waals surface area contributed by atoms with Crippen LogP contribution in [0, 0.1) is 17.7 Å². The Morgan fingerprint density at radius 3 is 2.33 bits per heavy atom. The SMILES string of the molecule is CC(C)CC(=O)N1CCCCCCCCN(C(=O)C2CC(=O)N(CCc3ccc(F)cc3)C2)Cc2ccccc21. The molecule has 0 aliphatic carbocycles. The van der Waals surface area contributed by atoms with E-state index in [0.717, 1.165) is 55.3 Å². The molecule has 2 aliphatic heterocycles. The van der Waals surface area contributed by atoms with Gasteiger partial charge in [-0.05, 0) is 54.5 Å². The summed E-state index contributed by atoms with van der Waals surface area (Å²) in [7, 11) is 0. The second-order valence-corrected chi connectivity index (χ2v) is 11.8. The molecule has 1 fully saturated rings. The first-order chi connectivity index (χ1) is 19.3. The third-order valence-corrected chi connectivity index (χ3v) is 8.05. The Bertz CT molecular complexity index is 1150. The van der Waals surface area contributed by atoms with Crippen molar-refractivity contribution in [2.45, 2.75) is 78.2 Å². The van der Waals surface area contributed by atoms with Gasteiger partial charge in [0, 0.05) is 51.3 Å². The zero-order valence-corrected chi connectivity index (χ0v) is 24.1. The van der Waals surface area contributed by atoms with Gasteiger partial charge in [-0.3, -0.25) is 14.4 Å². The topological polar surface area (TPSA) is 60.9 Å². The molecule has 3 amide bonds. The molecule has 2 aliphatic rings. The number of benzene rings is 2. The standard InChI is InChI=1S/C33H44FN3O3/c1-25(2)21-32(39)37-19-10-6-4-3-5-9-18-36(23-27-11-7-8-12-30(27)37)33(40)28-22-31(38)35(24-28)20-17-26-13-15-29(34)16-14-26/h7-8,11-16,25,28H,3-6,9-10,17-24H2,1-2H3. The van der Waals surface area contributed by atoms with Crippen LogP contribution in [0.15, 0.2) is 48.5 Å². The van der Waals surface area contributed by atoms with Crippen molar-refractivity contribution >= 4 is 23.4 Å². The summed E-state index contributed by atoms with van der Waals surface area (Å²) in [4.78, 5) is 45.7. The maximum atomic E-state index is 13.9. The highest BCUT2D eigenvalue weighted by molar-refractivity contribution is 5.94. The van der Waals surface area contributed by atoms with E-state index in [1.165, 1.54) is 12.1 Å². The van der Waals surface area contributed by atoms with Gasteiger partial charge in [-0.25, -0.2) is 4.39 Å². The minimum atomic E-state index is -0.373. The molecule has 216 valence electrons. The van der Waals surface area contributed by atoms with Crippen molar-refractivity contribution in [3.63, 3.8) is 0 Å². The number of amides is 3. The predicted octanol–water partition coefficient (Wildman–Crippen LogP) is 5.98. The second kappa shape index (κ2) is 14.4. The summed E-state index contributed by atoms with van der Waals surface area (Å²) in [5, 5.41) is 0. The fourth-order valence-electron chi connectivity index (χ4n) is 5.83. The van der Waals surface area contributed by atoms with E-state index in [1.54, 1.807) is 17.0 Å². The first kappa shape index (κ1) is 29.8. The number of hydrogen-bond donors (Lipinski definition) is 0. The highest BCUT2D eigenvalue weighted by atomic mass is 19.1. The van der Waals surface area contributed by atoms with Crippen LogP contribution in [-0.4, -0.2) is 53.7 Å². The number of nitrogens with zero attached hydrogens (tertiary/aromatic N) is 3. The minimum absolute atomic E-state index is 0.00263. The Balaban J connectivity index is 1.50. The van der Waals surface area contributed by atoms with E-state index < -0.39 is 0 Å². The van der Waals surface area contributed by atoms with E-state index in [-0.39, 0.29) is 41.8 Å². The van der Waals surface area contributed by atoms with Gasteiger partial charge < -0.3 is 14.7 Å². The number of halogens is 1. The van der Waals surface area contributed by atoms with Gasteiger partial charge in [-0.15, -0.1) is 0 Å². The Morgan fingerprint density at radius 1 is 0.925 bits per heavy atom. The lowest BCUT2D eigenvalue weighted by molar-refractivity contribution is -0.136. The van der Waals surface area contributed by atoms with Crippen LogP contribution >= 0.6 is 0 Å². The molecule has 2 aromatic carbocycles. The average Bonchev–Trinajstić information content (AvgIpc) is 3.31. The van der Waals surface area contributed by atoms with Crippen molar-refractivity contribution in [2.75, 3.05) is 31.1 Å². The van der Waals surface area contributed by atoms with Crippen molar-refractivity contribution in [3.8, 4) is 0 Å². The molecular weight excluding hydrogens is 505 g/mol. The van der Waals surface area contributed by atoms with Crippen molar-refractivity contribution in [3.05, 3.63) is 65.5 Å². The summed E-state index contributed by atoms with van der Waals surface area (Å²) in [6.07, 6.45) is 7.65. The van der Waals surface area contributed by atoms with Crippen LogP contribution in [0.25, 0.3) is 0 Å². The van der Waals surface area contributed by atoms with Crippen LogP contribution in [0.5, 0.6) is 0 Å². The number of fused-ring (bicyclic) bond motifs is 1. The Morgan fingerprint density at radius 2 is 1.60 bits per heavy atom. The predicted molar refractivity (Wildman–Crippen MR) is 156 cm³/mol. The largest absolute Gasteiger partial charge is 0.342 e. The Kier molecular flexibility index (Phi) is 10.7. The molecule has 1 unspecified atom stereocenters. The number of rotatable bonds is 6. The summed E-state index contributed by atoms with van der Waals surface area (Å²) < 4.78 is 13.2. The molecule has 0 spiro atoms. The van der Waals surface area contributed by atoms with Crippen LogP contribution in [0.4, 0.5) is 10.1 Å². The summed E-state index contributed by atoms with van der Waals surface area (Å²) in [6.45, 7) is 6.83. The molecule has 1 atom stereocenters. The molecule has 40 heavy (non-hydrogen) atoms. The third-order valence-electron chi connectivity index (χ3n) is 8.05. The molecule has 2 heterocycles. The Labute approximate surface area is 238 Å². The molecule has 0 radical (unpaired) electrons. The number of likely N-dealkylation sites (tertiary alicyclic amines) is 1. The number of carbonyl (C=O) groups is 3. The van der Waals surface area contributed by atoms with Crippen LogP contribution in [0.2, 0.25) is 0 Å². The first-order valence-electron chi connectivity index (χ1n) is 15.0. The van der Waals surface area contributed by atoms with Gasteiger partial charge in [0.1, 0.15) is 5.82 Å². The van der Waals surface area contributed by atoms with E-state index in [1.807, 2.05) is 34.1 Å². The monoisotopic (exact) mass is 549 g/mol. The zero-order valence-electron chi connectivity index (χ0n) is 24.1. The van der Waals surface area contributed by atoms with Crippen molar-refractivity contribution < 1.29 is 18.8 Å². The molecule has 0 bridgehead atoms. The number of anilines is 1. The number of carbonyl (C=O) groups excluding carboxylic acids is 3. The summed E-state index contributed by atoms with van der Waals surface area (Å²) >= 11 is 0. The van der Waals surface area contributed by atoms with E-state index in [2.05, 4.69) is 13.8 Å². The number of hydrogen-bond acceptors (Lipinski definition) is 3. The van der Waals surface area contributed by atoms with Crippen LogP contribution in [0.3, 0.4) is 0 Å². The lowest BCUT2D eigenvalue weighted by atomic mass is 10.0. The lowest BCUT2D eigenvalue weighted by Crippen LogP contribution is -2.39. The quantitative estimate of drug-likeness (QED) is 0.446. The molecule has 7 heteroatoms. The van der Waals surface area contributed by atoms with Crippen molar-refractivity contribution in [1.82, 2.24) is 9.80 Å². The molecular formula is C33H44FN3O3. The fourth-order valence-corrected chi connectivity index (χ4v) is 5.83. The molecule has 6 nitrogen and oxygen atoms in total. The maximum absolute atomic E-state index is 13.9. The molecule has 0 N–H and O–H groups in total. The van der Waals surface area contributed by atoms with Gasteiger partial charge in [0.15, 0.2) is 0 Å². The van der Waals surface area contributed by atoms with Crippen molar-refractivity contribution in [2.24, 2.45) is 11.8 Å². The minimum Gasteiger partial charge on any atom is -0.342 e. The molecule has 4 rings (SSSR count). The van der Waals surface area contributed by atoms with Crippen LogP contribution < -0.4 is 4.90 Å². The molecule has 1 saturated heterocycles. The van der Waals surface area contributed by atoms with E-state index in [9.17, 15) is 18.8 Å².